The van der Waals surface area contributed by atoms with Crippen LogP contribution in [0.4, 0.5) is 0 Å². The van der Waals surface area contributed by atoms with Gasteiger partial charge in [-0.25, -0.2) is 0 Å². The Labute approximate surface area is 122 Å². The zero-order chi connectivity index (χ0) is 13.6. The summed E-state index contributed by atoms with van der Waals surface area (Å²) in [6.07, 6.45) is 10.1. The zero-order valence-corrected chi connectivity index (χ0v) is 12.7. The van der Waals surface area contributed by atoms with E-state index in [2.05, 4.69) is 22.6 Å². The third-order valence-corrected chi connectivity index (χ3v) is 5.73. The van der Waals surface area contributed by atoms with E-state index < -0.39 is 0 Å². The van der Waals surface area contributed by atoms with Gasteiger partial charge >= 0.3 is 0 Å². The molecule has 2 saturated carbocycles. The van der Waals surface area contributed by atoms with Gasteiger partial charge in [-0.15, -0.1) is 10.2 Å². The molecule has 2 fully saturated rings. The van der Waals surface area contributed by atoms with Crippen LogP contribution in [-0.2, 0) is 6.42 Å². The highest BCUT2D eigenvalue weighted by molar-refractivity contribution is 7.16. The maximum absolute atomic E-state index is 4.79. The Morgan fingerprint density at radius 3 is 2.75 bits per heavy atom. The first-order valence-electron chi connectivity index (χ1n) is 7.70. The quantitative estimate of drug-likeness (QED) is 0.940. The first-order chi connectivity index (χ1) is 9.80. The first kappa shape index (κ1) is 12.7. The van der Waals surface area contributed by atoms with Gasteiger partial charge < -0.3 is 5.32 Å². The molecule has 0 radical (unpaired) electrons. The normalized spacial score (nSPS) is 22.4. The molecule has 0 atom stereocenters. The number of nitrogens with one attached hydrogen (secondary N) is 1. The van der Waals surface area contributed by atoms with Gasteiger partial charge in [-0.05, 0) is 32.7 Å². The molecule has 4 rings (SSSR count). The smallest absolute Gasteiger partial charge is 0.234 e. The summed E-state index contributed by atoms with van der Waals surface area (Å²) in [6, 6.07) is 0. The molecule has 2 aromatic heterocycles. The number of hydrogen-bond acceptors (Lipinski definition) is 5. The number of fused-ring (bicyclic) bond motifs is 1. The Morgan fingerprint density at radius 1 is 1.25 bits per heavy atom. The maximum atomic E-state index is 4.79. The fourth-order valence-corrected chi connectivity index (χ4v) is 4.36. The molecule has 2 aromatic rings. The number of likely N-dealkylation sites (N-methyl/N-ethyl adjacent to an activating group) is 1. The summed E-state index contributed by atoms with van der Waals surface area (Å²) in [7, 11) is 2.10. The summed E-state index contributed by atoms with van der Waals surface area (Å²) in [6.45, 7) is 0. The van der Waals surface area contributed by atoms with E-state index in [4.69, 9.17) is 5.10 Å². The van der Waals surface area contributed by atoms with E-state index in [1.54, 1.807) is 11.3 Å². The second kappa shape index (κ2) is 4.77. The second-order valence-corrected chi connectivity index (χ2v) is 7.33. The van der Waals surface area contributed by atoms with Gasteiger partial charge in [-0.2, -0.15) is 9.61 Å². The average molecular weight is 291 g/mol. The van der Waals surface area contributed by atoms with Crippen LogP contribution in [0.15, 0.2) is 0 Å². The van der Waals surface area contributed by atoms with Crippen molar-refractivity contribution in [2.45, 2.75) is 62.8 Å². The van der Waals surface area contributed by atoms with Gasteiger partial charge in [0.2, 0.25) is 4.96 Å². The van der Waals surface area contributed by atoms with Gasteiger partial charge in [-0.3, -0.25) is 0 Å². The lowest BCUT2D eigenvalue weighted by Crippen LogP contribution is -2.46. The maximum Gasteiger partial charge on any atom is 0.234 e. The fourth-order valence-electron chi connectivity index (χ4n) is 3.37. The molecule has 0 amide bonds. The third-order valence-electron chi connectivity index (χ3n) is 4.83. The van der Waals surface area contributed by atoms with Gasteiger partial charge in [0.25, 0.3) is 0 Å². The SMILES string of the molecule is CNC1(Cc2nn3c(C4CC4)nnc3s2)CCCCC1. The van der Waals surface area contributed by atoms with E-state index in [9.17, 15) is 0 Å². The van der Waals surface area contributed by atoms with Gasteiger partial charge in [0.15, 0.2) is 5.82 Å². The molecular weight excluding hydrogens is 270 g/mol. The molecule has 1 N–H and O–H groups in total. The summed E-state index contributed by atoms with van der Waals surface area (Å²) in [5, 5.41) is 18.1. The van der Waals surface area contributed by atoms with Gasteiger partial charge in [0.1, 0.15) is 5.01 Å². The van der Waals surface area contributed by atoms with Crippen molar-refractivity contribution in [1.29, 1.82) is 0 Å². The second-order valence-electron chi connectivity index (χ2n) is 6.29. The van der Waals surface area contributed by atoms with Crippen molar-refractivity contribution in [3.63, 3.8) is 0 Å². The molecule has 0 aromatic carbocycles. The van der Waals surface area contributed by atoms with Crippen molar-refractivity contribution in [2.24, 2.45) is 0 Å². The fraction of sp³-hybridized carbons (Fsp3) is 0.786. The Morgan fingerprint density at radius 2 is 2.05 bits per heavy atom. The minimum Gasteiger partial charge on any atom is -0.314 e. The van der Waals surface area contributed by atoms with E-state index >= 15 is 0 Å². The van der Waals surface area contributed by atoms with Crippen LogP contribution in [0.1, 0.15) is 61.7 Å². The highest BCUT2D eigenvalue weighted by Crippen LogP contribution is 2.39. The van der Waals surface area contributed by atoms with E-state index in [1.807, 2.05) is 4.52 Å². The van der Waals surface area contributed by atoms with E-state index in [-0.39, 0.29) is 5.54 Å². The zero-order valence-electron chi connectivity index (χ0n) is 11.9. The molecule has 2 aliphatic carbocycles. The van der Waals surface area contributed by atoms with Crippen LogP contribution in [-0.4, -0.2) is 32.4 Å². The topological polar surface area (TPSA) is 55.1 Å². The summed E-state index contributed by atoms with van der Waals surface area (Å²) in [5.41, 5.74) is 0.251. The highest BCUT2D eigenvalue weighted by atomic mass is 32.1. The predicted molar refractivity (Wildman–Crippen MR) is 79.2 cm³/mol. The summed E-state index contributed by atoms with van der Waals surface area (Å²) in [5.74, 6) is 1.68. The van der Waals surface area contributed by atoms with Crippen LogP contribution in [0.2, 0.25) is 0 Å². The molecule has 108 valence electrons. The molecule has 6 heteroatoms. The average Bonchev–Trinajstić information content (AvgIpc) is 3.12. The molecule has 2 heterocycles. The van der Waals surface area contributed by atoms with E-state index in [0.717, 1.165) is 17.2 Å². The molecule has 2 aliphatic rings. The van der Waals surface area contributed by atoms with Crippen LogP contribution < -0.4 is 5.32 Å². The van der Waals surface area contributed by atoms with Crippen molar-refractivity contribution in [3.05, 3.63) is 10.8 Å². The van der Waals surface area contributed by atoms with Crippen LogP contribution in [0, 0.1) is 0 Å². The molecule has 0 spiro atoms. The third kappa shape index (κ3) is 2.15. The molecule has 0 aliphatic heterocycles. The summed E-state index contributed by atoms with van der Waals surface area (Å²) in [4.78, 5) is 0.962. The lowest BCUT2D eigenvalue weighted by atomic mass is 9.79. The Hall–Kier alpha value is -1.01. The van der Waals surface area contributed by atoms with Crippen LogP contribution >= 0.6 is 11.3 Å². The number of rotatable bonds is 4. The number of nitrogens with zero attached hydrogens (tertiary/aromatic N) is 4. The number of aromatic nitrogens is 4. The highest BCUT2D eigenvalue weighted by Gasteiger charge is 2.33. The predicted octanol–water partition coefficient (Wildman–Crippen LogP) is 2.53. The van der Waals surface area contributed by atoms with Gasteiger partial charge in [0, 0.05) is 17.9 Å². The lowest BCUT2D eigenvalue weighted by Gasteiger charge is -2.36. The molecule has 0 bridgehead atoms. The molecular formula is C14H21N5S. The van der Waals surface area contributed by atoms with Gasteiger partial charge in [-0.1, -0.05) is 30.6 Å². The molecule has 20 heavy (non-hydrogen) atoms. The van der Waals surface area contributed by atoms with Crippen molar-refractivity contribution < 1.29 is 0 Å². The van der Waals surface area contributed by atoms with Crippen molar-refractivity contribution in [2.75, 3.05) is 7.05 Å². The standard InChI is InChI=1S/C14H21N5S/c1-15-14(7-3-2-4-8-14)9-11-18-19-12(10-5-6-10)16-17-13(19)20-11/h10,15H,2-9H2,1H3. The minimum atomic E-state index is 0.251. The van der Waals surface area contributed by atoms with Crippen molar-refractivity contribution in [3.8, 4) is 0 Å². The first-order valence-corrected chi connectivity index (χ1v) is 8.51. The monoisotopic (exact) mass is 291 g/mol. The summed E-state index contributed by atoms with van der Waals surface area (Å²) >= 11 is 1.71. The van der Waals surface area contributed by atoms with Crippen molar-refractivity contribution >= 4 is 16.3 Å². The van der Waals surface area contributed by atoms with Crippen LogP contribution in [0.3, 0.4) is 0 Å². The minimum absolute atomic E-state index is 0.251. The van der Waals surface area contributed by atoms with Gasteiger partial charge in [0.05, 0.1) is 0 Å². The van der Waals surface area contributed by atoms with Crippen LogP contribution in [0.25, 0.3) is 4.96 Å². The number of hydrogen-bond donors (Lipinski definition) is 1. The van der Waals surface area contributed by atoms with Crippen molar-refractivity contribution in [1.82, 2.24) is 25.1 Å². The summed E-state index contributed by atoms with van der Waals surface area (Å²) < 4.78 is 1.99. The molecule has 5 nitrogen and oxygen atoms in total. The van der Waals surface area contributed by atoms with Crippen LogP contribution in [0.5, 0.6) is 0 Å². The van der Waals surface area contributed by atoms with E-state index in [0.29, 0.717) is 5.92 Å². The Kier molecular flexibility index (Phi) is 3.03. The Balaban J connectivity index is 1.61. The molecule has 0 saturated heterocycles. The largest absolute Gasteiger partial charge is 0.314 e. The molecule has 0 unspecified atom stereocenters. The van der Waals surface area contributed by atoms with E-state index in [1.165, 1.54) is 50.0 Å². The lowest BCUT2D eigenvalue weighted by molar-refractivity contribution is 0.244. The Bertz CT molecular complexity index is 606.